The van der Waals surface area contributed by atoms with Crippen LogP contribution >= 0.6 is 0 Å². The number of sulfonamides is 1. The van der Waals surface area contributed by atoms with Crippen LogP contribution in [0.4, 0.5) is 13.2 Å². The van der Waals surface area contributed by atoms with Gasteiger partial charge in [0.1, 0.15) is 10.9 Å². The summed E-state index contributed by atoms with van der Waals surface area (Å²) in [5.41, 5.74) is 0.607. The summed E-state index contributed by atoms with van der Waals surface area (Å²) in [5.74, 6) is -2.26. The van der Waals surface area contributed by atoms with Crippen molar-refractivity contribution in [2.45, 2.75) is 56.4 Å². The Labute approximate surface area is 185 Å². The van der Waals surface area contributed by atoms with E-state index in [2.05, 4.69) is 23.8 Å². The van der Waals surface area contributed by atoms with E-state index in [1.54, 1.807) is 8.99 Å². The molecule has 0 saturated carbocycles. The summed E-state index contributed by atoms with van der Waals surface area (Å²) in [7, 11) is -1.34. The lowest BCUT2D eigenvalue weighted by Gasteiger charge is -2.39. The van der Waals surface area contributed by atoms with Crippen LogP contribution in [0, 0.1) is 5.92 Å². The van der Waals surface area contributed by atoms with Crippen LogP contribution in [0.25, 0.3) is 0 Å². The molecular weight excluding hydrogens is 453 g/mol. The molecule has 3 fully saturated rings. The summed E-state index contributed by atoms with van der Waals surface area (Å²) in [6.07, 6.45) is 0.367. The number of halogens is 3. The number of hydrogen-bond donors (Lipinski definition) is 1. The normalized spacial score (nSPS) is 29.6. The highest BCUT2D eigenvalue weighted by molar-refractivity contribution is 7.90. The summed E-state index contributed by atoms with van der Waals surface area (Å²) in [6, 6.07) is 0. The molecule has 2 bridgehead atoms. The molecule has 9 nitrogen and oxygen atoms in total. The number of carboxylic acid groups (broad SMARTS) is 1. The van der Waals surface area contributed by atoms with Gasteiger partial charge in [0, 0.05) is 51.5 Å². The number of ether oxygens (including phenoxy) is 1. The fourth-order valence-corrected chi connectivity index (χ4v) is 6.91. The van der Waals surface area contributed by atoms with Crippen LogP contribution in [0.3, 0.4) is 0 Å². The number of aliphatic carboxylic acids is 1. The summed E-state index contributed by atoms with van der Waals surface area (Å²) in [6.45, 7) is 7.65. The van der Waals surface area contributed by atoms with Crippen molar-refractivity contribution in [1.29, 1.82) is 0 Å². The van der Waals surface area contributed by atoms with Crippen LogP contribution in [-0.2, 0) is 33.1 Å². The van der Waals surface area contributed by atoms with Crippen LogP contribution in [0.15, 0.2) is 12.4 Å². The standard InChI is InChI=1S/C17H28N4O3S.C2HF3O2/c1-13(2)4-5-21-12-17-11-20(9-14-7-18-19(3)8-14)10-15(24-17)6-16(17)25(21,22)23;3-2(4,5)1(6)7/h7-8,13,15-16H,4-6,9-12H2,1-3H3;(H,6,7)/t15-,16+,17+;/m1./s1. The minimum absolute atomic E-state index is 0.0254. The van der Waals surface area contributed by atoms with E-state index in [0.717, 1.165) is 25.1 Å². The Morgan fingerprint density at radius 3 is 2.56 bits per heavy atom. The lowest BCUT2D eigenvalue weighted by molar-refractivity contribution is -0.192. The molecule has 32 heavy (non-hydrogen) atoms. The van der Waals surface area contributed by atoms with Gasteiger partial charge in [-0.15, -0.1) is 0 Å². The van der Waals surface area contributed by atoms with Crippen molar-refractivity contribution in [2.24, 2.45) is 13.0 Å². The van der Waals surface area contributed by atoms with Crippen LogP contribution in [-0.4, -0.2) is 87.8 Å². The van der Waals surface area contributed by atoms with E-state index < -0.39 is 27.8 Å². The van der Waals surface area contributed by atoms with Crippen molar-refractivity contribution >= 4 is 16.0 Å². The SMILES string of the molecule is CC(C)CCN1C[C@@]23CN(Cc4cnn(C)c4)C[C@@H](C[C@@H]2S1(=O)=O)O3.O=C(O)C(F)(F)F. The summed E-state index contributed by atoms with van der Waals surface area (Å²) >= 11 is 0. The highest BCUT2D eigenvalue weighted by atomic mass is 32.2. The number of aryl methyl sites for hydroxylation is 1. The van der Waals surface area contributed by atoms with Gasteiger partial charge in [-0.2, -0.15) is 22.6 Å². The summed E-state index contributed by atoms with van der Waals surface area (Å²) < 4.78 is 67.5. The number of nitrogens with zero attached hydrogens (tertiary/aromatic N) is 4. The van der Waals surface area contributed by atoms with Crippen LogP contribution in [0.5, 0.6) is 0 Å². The van der Waals surface area contributed by atoms with E-state index in [0.29, 0.717) is 32.0 Å². The van der Waals surface area contributed by atoms with Gasteiger partial charge in [0.15, 0.2) is 0 Å². The molecule has 3 aliphatic heterocycles. The average Bonchev–Trinajstić information content (AvgIpc) is 3.23. The second-order valence-electron chi connectivity index (χ2n) is 9.08. The highest BCUT2D eigenvalue weighted by Gasteiger charge is 2.64. The van der Waals surface area contributed by atoms with Crippen molar-refractivity contribution in [2.75, 3.05) is 26.2 Å². The molecule has 1 aromatic heterocycles. The predicted octanol–water partition coefficient (Wildman–Crippen LogP) is 1.46. The van der Waals surface area contributed by atoms with Crippen LogP contribution in [0.1, 0.15) is 32.3 Å². The maximum absolute atomic E-state index is 13.0. The van der Waals surface area contributed by atoms with Gasteiger partial charge in [0.05, 0.1) is 12.3 Å². The molecule has 1 spiro atoms. The smallest absolute Gasteiger partial charge is 0.475 e. The molecule has 1 aromatic rings. The minimum atomic E-state index is -5.08. The fourth-order valence-electron chi connectivity index (χ4n) is 4.58. The number of alkyl halides is 3. The molecule has 4 rings (SSSR count). The Bertz CT molecular complexity index is 936. The Hall–Kier alpha value is -1.70. The second kappa shape index (κ2) is 8.92. The highest BCUT2D eigenvalue weighted by Crippen LogP contribution is 2.46. The maximum atomic E-state index is 13.0. The molecule has 182 valence electrons. The van der Waals surface area contributed by atoms with Crippen molar-refractivity contribution in [1.82, 2.24) is 19.0 Å². The van der Waals surface area contributed by atoms with E-state index in [4.69, 9.17) is 14.6 Å². The third kappa shape index (κ3) is 5.26. The molecule has 0 aromatic carbocycles. The fraction of sp³-hybridized carbons (Fsp3) is 0.789. The number of morpholine rings is 1. The lowest BCUT2D eigenvalue weighted by Crippen LogP contribution is -2.54. The van der Waals surface area contributed by atoms with E-state index in [-0.39, 0.29) is 11.4 Å². The maximum Gasteiger partial charge on any atom is 0.490 e. The molecule has 4 heterocycles. The first kappa shape index (κ1) is 24.9. The molecule has 1 N–H and O–H groups in total. The van der Waals surface area contributed by atoms with Crippen molar-refractivity contribution in [3.8, 4) is 0 Å². The summed E-state index contributed by atoms with van der Waals surface area (Å²) in [5, 5.41) is 11.0. The predicted molar refractivity (Wildman–Crippen MR) is 108 cm³/mol. The topological polar surface area (TPSA) is 105 Å². The number of aromatic nitrogens is 2. The molecular formula is C19H29F3N4O5S. The molecule has 0 radical (unpaired) electrons. The molecule has 3 saturated heterocycles. The number of likely N-dealkylation sites (tertiary alicyclic amines) is 1. The Balaban J connectivity index is 0.000000360. The van der Waals surface area contributed by atoms with Crippen LogP contribution in [0.2, 0.25) is 0 Å². The van der Waals surface area contributed by atoms with E-state index in [1.807, 2.05) is 19.4 Å². The van der Waals surface area contributed by atoms with E-state index in [1.165, 1.54) is 0 Å². The quantitative estimate of drug-likeness (QED) is 0.677. The molecule has 3 atom stereocenters. The molecule has 13 heteroatoms. The van der Waals surface area contributed by atoms with Crippen molar-refractivity contribution in [3.05, 3.63) is 18.0 Å². The van der Waals surface area contributed by atoms with E-state index >= 15 is 0 Å². The monoisotopic (exact) mass is 482 g/mol. The second-order valence-corrected chi connectivity index (χ2v) is 11.2. The zero-order chi connectivity index (χ0) is 23.9. The minimum Gasteiger partial charge on any atom is -0.475 e. The number of hydrogen-bond acceptors (Lipinski definition) is 6. The average molecular weight is 483 g/mol. The van der Waals surface area contributed by atoms with Gasteiger partial charge in [0.2, 0.25) is 10.0 Å². The van der Waals surface area contributed by atoms with Gasteiger partial charge in [-0.05, 0) is 18.8 Å². The van der Waals surface area contributed by atoms with Gasteiger partial charge in [-0.1, -0.05) is 13.8 Å². The third-order valence-corrected chi connectivity index (χ3v) is 8.32. The van der Waals surface area contributed by atoms with Crippen molar-refractivity contribution < 1.29 is 36.2 Å². The van der Waals surface area contributed by atoms with Gasteiger partial charge in [-0.3, -0.25) is 9.58 Å². The molecule has 0 amide bonds. The number of carbonyl (C=O) groups is 1. The lowest BCUT2D eigenvalue weighted by atomic mass is 9.99. The molecule has 3 aliphatic rings. The third-order valence-electron chi connectivity index (χ3n) is 5.94. The van der Waals surface area contributed by atoms with Gasteiger partial charge in [-0.25, -0.2) is 13.2 Å². The van der Waals surface area contributed by atoms with Crippen LogP contribution < -0.4 is 0 Å². The van der Waals surface area contributed by atoms with Gasteiger partial charge >= 0.3 is 12.1 Å². The molecule has 0 unspecified atom stereocenters. The van der Waals surface area contributed by atoms with Crippen molar-refractivity contribution in [3.63, 3.8) is 0 Å². The first-order valence-electron chi connectivity index (χ1n) is 10.4. The first-order valence-corrected chi connectivity index (χ1v) is 11.9. The van der Waals surface area contributed by atoms with Gasteiger partial charge < -0.3 is 9.84 Å². The number of fused-ring (bicyclic) bond motifs is 1. The largest absolute Gasteiger partial charge is 0.490 e. The zero-order valence-electron chi connectivity index (χ0n) is 18.2. The Morgan fingerprint density at radius 2 is 2.03 bits per heavy atom. The van der Waals surface area contributed by atoms with Gasteiger partial charge in [0.25, 0.3) is 0 Å². The number of carboxylic acids is 1. The summed E-state index contributed by atoms with van der Waals surface area (Å²) in [4.78, 5) is 11.2. The zero-order valence-corrected chi connectivity index (χ0v) is 19.1. The molecule has 0 aliphatic carbocycles. The Kier molecular flexibility index (Phi) is 6.95. The first-order chi connectivity index (χ1) is 14.7. The number of rotatable bonds is 5. The Morgan fingerprint density at radius 1 is 1.38 bits per heavy atom. The van der Waals surface area contributed by atoms with E-state index in [9.17, 15) is 21.6 Å².